The standard InChI is InChI=1S/C27H26N2O5/c1-17(14-25(30)29-19-12-10-18(11-13-19)26(31)32)15-28-27(33)34-16-24-22-8-4-2-6-20(22)21-7-3-5-9-23(21)24/h2-13,17,24H,14-16H2,1H3,(H,28,33)(H,29,30)(H,31,32). The summed E-state index contributed by atoms with van der Waals surface area (Å²) in [7, 11) is 0. The van der Waals surface area contributed by atoms with Crippen molar-refractivity contribution in [2.45, 2.75) is 19.3 Å². The third-order valence-corrected chi connectivity index (χ3v) is 5.89. The Morgan fingerprint density at radius 3 is 2.09 bits per heavy atom. The van der Waals surface area contributed by atoms with Crippen molar-refractivity contribution in [3.8, 4) is 11.1 Å². The lowest BCUT2D eigenvalue weighted by atomic mass is 9.98. The van der Waals surface area contributed by atoms with Crippen LogP contribution in [0.2, 0.25) is 0 Å². The fraction of sp³-hybridized carbons (Fsp3) is 0.222. The summed E-state index contributed by atoms with van der Waals surface area (Å²) in [6.45, 7) is 2.39. The number of hydrogen-bond acceptors (Lipinski definition) is 4. The number of aromatic carboxylic acids is 1. The average molecular weight is 459 g/mol. The molecule has 1 aliphatic carbocycles. The molecule has 1 unspecified atom stereocenters. The minimum atomic E-state index is -1.02. The van der Waals surface area contributed by atoms with Gasteiger partial charge in [-0.05, 0) is 52.4 Å². The monoisotopic (exact) mass is 458 g/mol. The number of fused-ring (bicyclic) bond motifs is 3. The molecular formula is C27H26N2O5. The van der Waals surface area contributed by atoms with E-state index in [-0.39, 0.29) is 36.3 Å². The summed E-state index contributed by atoms with van der Waals surface area (Å²) in [4.78, 5) is 35.5. The van der Waals surface area contributed by atoms with Gasteiger partial charge in [-0.15, -0.1) is 0 Å². The van der Waals surface area contributed by atoms with E-state index in [2.05, 4.69) is 34.9 Å². The molecule has 0 saturated carbocycles. The minimum absolute atomic E-state index is 0.00568. The van der Waals surface area contributed by atoms with E-state index < -0.39 is 12.1 Å². The largest absolute Gasteiger partial charge is 0.478 e. The predicted octanol–water partition coefficient (Wildman–Crippen LogP) is 4.89. The Morgan fingerprint density at radius 2 is 1.50 bits per heavy atom. The minimum Gasteiger partial charge on any atom is -0.478 e. The Kier molecular flexibility index (Phi) is 6.92. The number of benzene rings is 3. The highest BCUT2D eigenvalue weighted by atomic mass is 16.5. The molecule has 0 fully saturated rings. The van der Waals surface area contributed by atoms with Gasteiger partial charge in [-0.1, -0.05) is 55.5 Å². The van der Waals surface area contributed by atoms with E-state index >= 15 is 0 Å². The van der Waals surface area contributed by atoms with Gasteiger partial charge in [0.15, 0.2) is 0 Å². The van der Waals surface area contributed by atoms with Crippen molar-refractivity contribution in [1.82, 2.24) is 5.32 Å². The fourth-order valence-electron chi connectivity index (χ4n) is 4.20. The van der Waals surface area contributed by atoms with Crippen LogP contribution in [0.5, 0.6) is 0 Å². The smallest absolute Gasteiger partial charge is 0.407 e. The number of ether oxygens (including phenoxy) is 1. The highest BCUT2D eigenvalue weighted by Gasteiger charge is 2.29. The summed E-state index contributed by atoms with van der Waals surface area (Å²) < 4.78 is 5.52. The van der Waals surface area contributed by atoms with Crippen molar-refractivity contribution < 1.29 is 24.2 Å². The van der Waals surface area contributed by atoms with E-state index in [1.165, 1.54) is 23.3 Å². The maximum absolute atomic E-state index is 12.3. The molecule has 0 aromatic heterocycles. The summed E-state index contributed by atoms with van der Waals surface area (Å²) in [5, 5.41) is 14.4. The third-order valence-electron chi connectivity index (χ3n) is 5.89. The van der Waals surface area contributed by atoms with Gasteiger partial charge in [0.1, 0.15) is 6.61 Å². The molecule has 3 aromatic rings. The highest BCUT2D eigenvalue weighted by Crippen LogP contribution is 2.44. The lowest BCUT2D eigenvalue weighted by molar-refractivity contribution is -0.116. The van der Waals surface area contributed by atoms with Crippen LogP contribution in [0.1, 0.15) is 40.7 Å². The van der Waals surface area contributed by atoms with Crippen molar-refractivity contribution in [3.63, 3.8) is 0 Å². The normalized spacial score (nSPS) is 12.9. The van der Waals surface area contributed by atoms with Crippen LogP contribution in [0.15, 0.2) is 72.8 Å². The maximum atomic E-state index is 12.3. The van der Waals surface area contributed by atoms with Gasteiger partial charge in [0.25, 0.3) is 0 Å². The van der Waals surface area contributed by atoms with Crippen LogP contribution in [0.25, 0.3) is 11.1 Å². The quantitative estimate of drug-likeness (QED) is 0.446. The summed E-state index contributed by atoms with van der Waals surface area (Å²) >= 11 is 0. The Hall–Kier alpha value is -4.13. The summed E-state index contributed by atoms with van der Waals surface area (Å²) in [5.41, 5.74) is 5.31. The van der Waals surface area contributed by atoms with Gasteiger partial charge >= 0.3 is 12.1 Å². The Bertz CT molecular complexity index is 1160. The van der Waals surface area contributed by atoms with Crippen molar-refractivity contribution in [3.05, 3.63) is 89.5 Å². The number of rotatable bonds is 8. The molecule has 2 amide bonds. The SMILES string of the molecule is CC(CNC(=O)OCC1c2ccccc2-c2ccccc21)CC(=O)Nc1ccc(C(=O)O)cc1. The lowest BCUT2D eigenvalue weighted by Crippen LogP contribution is -2.31. The second kappa shape index (κ2) is 10.2. The fourth-order valence-corrected chi connectivity index (χ4v) is 4.20. The van der Waals surface area contributed by atoms with Crippen molar-refractivity contribution in [1.29, 1.82) is 0 Å². The Balaban J connectivity index is 1.23. The molecule has 0 saturated heterocycles. The molecule has 0 bridgehead atoms. The van der Waals surface area contributed by atoms with Crippen LogP contribution < -0.4 is 10.6 Å². The van der Waals surface area contributed by atoms with Gasteiger partial charge in [-0.3, -0.25) is 4.79 Å². The van der Waals surface area contributed by atoms with Crippen LogP contribution in [0.4, 0.5) is 10.5 Å². The molecule has 3 N–H and O–H groups in total. The van der Waals surface area contributed by atoms with Crippen molar-refractivity contribution in [2.75, 3.05) is 18.5 Å². The molecule has 34 heavy (non-hydrogen) atoms. The second-order valence-corrected chi connectivity index (χ2v) is 8.45. The van der Waals surface area contributed by atoms with Gasteiger partial charge in [0.05, 0.1) is 5.56 Å². The summed E-state index contributed by atoms with van der Waals surface area (Å²) in [5.74, 6) is -1.36. The molecule has 3 aromatic carbocycles. The number of alkyl carbamates (subject to hydrolysis) is 1. The predicted molar refractivity (Wildman–Crippen MR) is 129 cm³/mol. The number of amides is 2. The van der Waals surface area contributed by atoms with Crippen LogP contribution in [-0.4, -0.2) is 36.2 Å². The first kappa shape index (κ1) is 23.0. The number of carboxylic acids is 1. The van der Waals surface area contributed by atoms with E-state index in [0.29, 0.717) is 12.2 Å². The first-order valence-electron chi connectivity index (χ1n) is 11.1. The number of carbonyl (C=O) groups excluding carboxylic acids is 2. The van der Waals surface area contributed by atoms with E-state index in [0.717, 1.165) is 11.1 Å². The molecule has 1 aliphatic rings. The number of nitrogens with one attached hydrogen (secondary N) is 2. The third kappa shape index (κ3) is 5.26. The molecule has 0 aliphatic heterocycles. The zero-order valence-electron chi connectivity index (χ0n) is 18.8. The molecule has 0 radical (unpaired) electrons. The molecule has 0 heterocycles. The van der Waals surface area contributed by atoms with Gasteiger partial charge in [0, 0.05) is 24.6 Å². The van der Waals surface area contributed by atoms with E-state index in [1.807, 2.05) is 31.2 Å². The van der Waals surface area contributed by atoms with Gasteiger partial charge < -0.3 is 20.5 Å². The Labute approximate surface area is 197 Å². The van der Waals surface area contributed by atoms with Crippen LogP contribution in [0.3, 0.4) is 0 Å². The molecule has 7 nitrogen and oxygen atoms in total. The molecule has 1 atom stereocenters. The lowest BCUT2D eigenvalue weighted by Gasteiger charge is -2.16. The highest BCUT2D eigenvalue weighted by molar-refractivity contribution is 5.92. The number of carboxylic acid groups (broad SMARTS) is 1. The van der Waals surface area contributed by atoms with E-state index in [1.54, 1.807) is 12.1 Å². The molecule has 0 spiro atoms. The van der Waals surface area contributed by atoms with E-state index in [4.69, 9.17) is 9.84 Å². The summed E-state index contributed by atoms with van der Waals surface area (Å²) in [6.07, 6.45) is -0.317. The topological polar surface area (TPSA) is 105 Å². The first-order chi connectivity index (χ1) is 16.4. The molecule has 4 rings (SSSR count). The zero-order valence-corrected chi connectivity index (χ0v) is 18.8. The molecule has 7 heteroatoms. The molecule has 174 valence electrons. The maximum Gasteiger partial charge on any atom is 0.407 e. The van der Waals surface area contributed by atoms with Gasteiger partial charge in [-0.2, -0.15) is 0 Å². The first-order valence-corrected chi connectivity index (χ1v) is 11.1. The second-order valence-electron chi connectivity index (χ2n) is 8.45. The van der Waals surface area contributed by atoms with Crippen LogP contribution in [0, 0.1) is 5.92 Å². The van der Waals surface area contributed by atoms with Gasteiger partial charge in [0.2, 0.25) is 5.91 Å². The average Bonchev–Trinajstić information content (AvgIpc) is 3.15. The van der Waals surface area contributed by atoms with Gasteiger partial charge in [-0.25, -0.2) is 9.59 Å². The number of carbonyl (C=O) groups is 3. The van der Waals surface area contributed by atoms with Crippen molar-refractivity contribution in [2.24, 2.45) is 5.92 Å². The number of hydrogen-bond donors (Lipinski definition) is 3. The van der Waals surface area contributed by atoms with Crippen LogP contribution in [-0.2, 0) is 9.53 Å². The number of anilines is 1. The zero-order chi connectivity index (χ0) is 24.1. The Morgan fingerprint density at radius 1 is 0.912 bits per heavy atom. The van der Waals surface area contributed by atoms with Crippen LogP contribution >= 0.6 is 0 Å². The van der Waals surface area contributed by atoms with Crippen molar-refractivity contribution >= 4 is 23.7 Å². The summed E-state index contributed by atoms with van der Waals surface area (Å²) in [6, 6.07) is 22.2. The van der Waals surface area contributed by atoms with E-state index in [9.17, 15) is 14.4 Å². The molecular weight excluding hydrogens is 432 g/mol.